The van der Waals surface area contributed by atoms with Crippen LogP contribution < -0.4 is 9.47 Å². The molecular weight excluding hydrogens is 224 g/mol. The van der Waals surface area contributed by atoms with Gasteiger partial charge in [0.25, 0.3) is 0 Å². The molecule has 0 aliphatic rings. The quantitative estimate of drug-likeness (QED) is 0.718. The first-order valence-electron chi connectivity index (χ1n) is 6.57. The van der Waals surface area contributed by atoms with E-state index in [1.807, 2.05) is 12.1 Å². The van der Waals surface area contributed by atoms with Gasteiger partial charge in [-0.3, -0.25) is 0 Å². The first-order valence-corrected chi connectivity index (χ1v) is 6.57. The molecule has 0 aliphatic carbocycles. The summed E-state index contributed by atoms with van der Waals surface area (Å²) < 4.78 is 10.6. The standard InChI is InChI=1S/C16H25O2/c1-6-16(2,3)11-7-8-13-12-14(17-4)9-10-15(13)18-5/h9-12H,6-8H2,1-5H3. The van der Waals surface area contributed by atoms with Gasteiger partial charge in [0, 0.05) is 0 Å². The molecule has 0 heterocycles. The highest BCUT2D eigenvalue weighted by Crippen LogP contribution is 2.29. The second kappa shape index (κ2) is 6.67. The smallest absolute Gasteiger partial charge is 0.122 e. The van der Waals surface area contributed by atoms with Crippen LogP contribution in [0.25, 0.3) is 0 Å². The molecule has 0 amide bonds. The first-order chi connectivity index (χ1) is 8.52. The molecule has 0 bridgehead atoms. The highest BCUT2D eigenvalue weighted by atomic mass is 16.5. The number of ether oxygens (including phenoxy) is 2. The SMILES string of the molecule is CCC(C)(C)[CH]CCc1cc(OC)ccc1OC. The van der Waals surface area contributed by atoms with Crippen LogP contribution in [0.15, 0.2) is 18.2 Å². The summed E-state index contributed by atoms with van der Waals surface area (Å²) in [4.78, 5) is 0. The van der Waals surface area contributed by atoms with Crippen LogP contribution >= 0.6 is 0 Å². The molecule has 2 nitrogen and oxygen atoms in total. The van der Waals surface area contributed by atoms with Crippen molar-refractivity contribution < 1.29 is 9.47 Å². The van der Waals surface area contributed by atoms with Crippen LogP contribution in [0.4, 0.5) is 0 Å². The van der Waals surface area contributed by atoms with Gasteiger partial charge in [0.15, 0.2) is 0 Å². The van der Waals surface area contributed by atoms with E-state index in [-0.39, 0.29) is 0 Å². The van der Waals surface area contributed by atoms with Crippen LogP contribution in [0.3, 0.4) is 0 Å². The number of hydrogen-bond acceptors (Lipinski definition) is 2. The van der Waals surface area contributed by atoms with Crippen molar-refractivity contribution >= 4 is 0 Å². The molecule has 0 fully saturated rings. The molecule has 0 aromatic heterocycles. The fourth-order valence-electron chi connectivity index (χ4n) is 1.84. The summed E-state index contributed by atoms with van der Waals surface area (Å²) in [5.74, 6) is 1.83. The predicted molar refractivity (Wildman–Crippen MR) is 76.2 cm³/mol. The van der Waals surface area contributed by atoms with Crippen molar-refractivity contribution in [2.45, 2.75) is 40.0 Å². The first kappa shape index (κ1) is 14.9. The predicted octanol–water partition coefficient (Wildman–Crippen LogP) is 4.28. The van der Waals surface area contributed by atoms with Gasteiger partial charge in [0.2, 0.25) is 0 Å². The molecule has 0 saturated carbocycles. The van der Waals surface area contributed by atoms with Crippen molar-refractivity contribution in [3.63, 3.8) is 0 Å². The van der Waals surface area contributed by atoms with Crippen molar-refractivity contribution in [3.05, 3.63) is 30.2 Å². The largest absolute Gasteiger partial charge is 0.497 e. The number of rotatable bonds is 7. The molecule has 0 spiro atoms. The zero-order chi connectivity index (χ0) is 13.6. The van der Waals surface area contributed by atoms with Gasteiger partial charge < -0.3 is 9.47 Å². The van der Waals surface area contributed by atoms with Crippen LogP contribution in [0, 0.1) is 11.8 Å². The van der Waals surface area contributed by atoms with Gasteiger partial charge in [-0.05, 0) is 48.4 Å². The topological polar surface area (TPSA) is 18.5 Å². The monoisotopic (exact) mass is 249 g/mol. The van der Waals surface area contributed by atoms with E-state index >= 15 is 0 Å². The van der Waals surface area contributed by atoms with Gasteiger partial charge in [-0.2, -0.15) is 0 Å². The van der Waals surface area contributed by atoms with Gasteiger partial charge in [-0.25, -0.2) is 0 Å². The molecule has 101 valence electrons. The number of benzene rings is 1. The van der Waals surface area contributed by atoms with Crippen molar-refractivity contribution in [2.75, 3.05) is 14.2 Å². The molecule has 1 aromatic rings. The summed E-state index contributed by atoms with van der Waals surface area (Å²) in [5, 5.41) is 0. The molecule has 0 saturated heterocycles. The second-order valence-electron chi connectivity index (χ2n) is 5.26. The van der Waals surface area contributed by atoms with E-state index in [1.54, 1.807) is 14.2 Å². The van der Waals surface area contributed by atoms with E-state index in [9.17, 15) is 0 Å². The summed E-state index contributed by atoms with van der Waals surface area (Å²) in [6.45, 7) is 6.77. The molecule has 0 atom stereocenters. The maximum Gasteiger partial charge on any atom is 0.122 e. The summed E-state index contributed by atoms with van der Waals surface area (Å²) >= 11 is 0. The Morgan fingerprint density at radius 2 is 1.89 bits per heavy atom. The number of aryl methyl sites for hydroxylation is 1. The lowest BCUT2D eigenvalue weighted by Crippen LogP contribution is -2.10. The van der Waals surface area contributed by atoms with Gasteiger partial charge in [-0.1, -0.05) is 27.2 Å². The Bertz CT molecular complexity index is 369. The molecule has 2 heteroatoms. The van der Waals surface area contributed by atoms with E-state index in [0.717, 1.165) is 24.3 Å². The highest BCUT2D eigenvalue weighted by molar-refractivity contribution is 5.40. The van der Waals surface area contributed by atoms with Crippen molar-refractivity contribution in [1.29, 1.82) is 0 Å². The third kappa shape index (κ3) is 4.25. The van der Waals surface area contributed by atoms with Crippen LogP contribution in [-0.4, -0.2) is 14.2 Å². The van der Waals surface area contributed by atoms with Crippen molar-refractivity contribution in [1.82, 2.24) is 0 Å². The zero-order valence-electron chi connectivity index (χ0n) is 12.2. The minimum absolute atomic E-state index is 0.312. The molecule has 0 N–H and O–H groups in total. The van der Waals surface area contributed by atoms with Crippen LogP contribution in [0.5, 0.6) is 11.5 Å². The highest BCUT2D eigenvalue weighted by Gasteiger charge is 2.15. The molecule has 1 radical (unpaired) electrons. The van der Waals surface area contributed by atoms with Gasteiger partial charge >= 0.3 is 0 Å². The van der Waals surface area contributed by atoms with E-state index in [1.165, 1.54) is 12.0 Å². The molecule has 0 unspecified atom stereocenters. The average molecular weight is 249 g/mol. The third-order valence-electron chi connectivity index (χ3n) is 3.51. The summed E-state index contributed by atoms with van der Waals surface area (Å²) in [6, 6.07) is 5.97. The molecule has 1 aromatic carbocycles. The third-order valence-corrected chi connectivity index (χ3v) is 3.51. The number of hydrogen-bond donors (Lipinski definition) is 0. The summed E-state index contributed by atoms with van der Waals surface area (Å²) in [5.41, 5.74) is 1.52. The van der Waals surface area contributed by atoms with E-state index in [0.29, 0.717) is 5.41 Å². The Morgan fingerprint density at radius 3 is 2.44 bits per heavy atom. The zero-order valence-corrected chi connectivity index (χ0v) is 12.2. The maximum absolute atomic E-state index is 5.38. The fourth-order valence-corrected chi connectivity index (χ4v) is 1.84. The van der Waals surface area contributed by atoms with Crippen molar-refractivity contribution in [3.8, 4) is 11.5 Å². The normalized spacial score (nSPS) is 11.4. The Morgan fingerprint density at radius 1 is 1.17 bits per heavy atom. The lowest BCUT2D eigenvalue weighted by molar-refractivity contribution is 0.392. The molecular formula is C16H25O2. The van der Waals surface area contributed by atoms with E-state index in [4.69, 9.17) is 9.47 Å². The Balaban J connectivity index is 2.65. The van der Waals surface area contributed by atoms with Gasteiger partial charge in [-0.15, -0.1) is 0 Å². The van der Waals surface area contributed by atoms with Gasteiger partial charge in [0.1, 0.15) is 11.5 Å². The summed E-state index contributed by atoms with van der Waals surface area (Å²) in [7, 11) is 3.41. The Labute approximate surface area is 111 Å². The minimum Gasteiger partial charge on any atom is -0.497 e. The fraction of sp³-hybridized carbons (Fsp3) is 0.562. The molecule has 1 rings (SSSR count). The van der Waals surface area contributed by atoms with Crippen LogP contribution in [0.1, 0.15) is 39.2 Å². The maximum atomic E-state index is 5.38. The summed E-state index contributed by atoms with van der Waals surface area (Å²) in [6.07, 6.45) is 5.61. The molecule has 0 aliphatic heterocycles. The van der Waals surface area contributed by atoms with E-state index < -0.39 is 0 Å². The number of methoxy groups -OCH3 is 2. The Kier molecular flexibility index (Phi) is 5.52. The van der Waals surface area contributed by atoms with Crippen LogP contribution in [-0.2, 0) is 6.42 Å². The minimum atomic E-state index is 0.312. The van der Waals surface area contributed by atoms with Gasteiger partial charge in [0.05, 0.1) is 14.2 Å². The lowest BCUT2D eigenvalue weighted by atomic mass is 9.84. The van der Waals surface area contributed by atoms with E-state index in [2.05, 4.69) is 33.3 Å². The average Bonchev–Trinajstić information content (AvgIpc) is 2.38. The Hall–Kier alpha value is -1.18. The lowest BCUT2D eigenvalue weighted by Gasteiger charge is -2.22. The van der Waals surface area contributed by atoms with Crippen molar-refractivity contribution in [2.24, 2.45) is 5.41 Å². The molecule has 18 heavy (non-hydrogen) atoms. The van der Waals surface area contributed by atoms with Crippen LogP contribution in [0.2, 0.25) is 0 Å². The second-order valence-corrected chi connectivity index (χ2v) is 5.26.